The molecule has 0 radical (unpaired) electrons. The summed E-state index contributed by atoms with van der Waals surface area (Å²) in [5.41, 5.74) is -0.166. The first-order valence-electron chi connectivity index (χ1n) is 6.34. The van der Waals surface area contributed by atoms with E-state index in [1.54, 1.807) is 0 Å². The molecule has 1 atom stereocenters. The first kappa shape index (κ1) is 14.8. The number of carboxylic acids is 1. The van der Waals surface area contributed by atoms with Crippen LogP contribution in [0.1, 0.15) is 30.1 Å². The average Bonchev–Trinajstić information content (AvgIpc) is 2.71. The molecule has 1 aromatic rings. The van der Waals surface area contributed by atoms with Gasteiger partial charge in [-0.15, -0.1) is 0 Å². The third kappa shape index (κ3) is 2.93. The van der Waals surface area contributed by atoms with Crippen LogP contribution in [-0.2, 0) is 17.3 Å². The van der Waals surface area contributed by atoms with Crippen molar-refractivity contribution in [1.82, 2.24) is 14.1 Å². The van der Waals surface area contributed by atoms with E-state index in [1.165, 1.54) is 16.0 Å². The second-order valence-electron chi connectivity index (χ2n) is 5.05. The standard InChI is InChI=1S/C11H18N4O4S/c1-8-4-3-5-15(7-8)20(18,19)13-10-9(11(16)17)6-12-14(10)2/h6,8,13H,3-5,7H2,1-2H3,(H,16,17). The van der Waals surface area contributed by atoms with E-state index in [0.29, 0.717) is 19.0 Å². The predicted octanol–water partition coefficient (Wildman–Crippen LogP) is 0.507. The van der Waals surface area contributed by atoms with E-state index in [1.807, 2.05) is 6.92 Å². The summed E-state index contributed by atoms with van der Waals surface area (Å²) in [6, 6.07) is 0. The summed E-state index contributed by atoms with van der Waals surface area (Å²) in [4.78, 5) is 11.0. The van der Waals surface area contributed by atoms with Crippen LogP contribution in [0.2, 0.25) is 0 Å². The van der Waals surface area contributed by atoms with Crippen molar-refractivity contribution in [2.75, 3.05) is 17.8 Å². The molecule has 0 bridgehead atoms. The van der Waals surface area contributed by atoms with E-state index in [0.717, 1.165) is 19.0 Å². The number of rotatable bonds is 4. The van der Waals surface area contributed by atoms with Gasteiger partial charge in [0.05, 0.1) is 6.20 Å². The average molecular weight is 302 g/mol. The van der Waals surface area contributed by atoms with Crippen molar-refractivity contribution in [3.63, 3.8) is 0 Å². The molecule has 9 heteroatoms. The molecule has 20 heavy (non-hydrogen) atoms. The highest BCUT2D eigenvalue weighted by molar-refractivity contribution is 7.90. The number of nitrogens with one attached hydrogen (secondary N) is 1. The molecule has 1 fully saturated rings. The number of piperidine rings is 1. The van der Waals surface area contributed by atoms with Gasteiger partial charge in [-0.3, -0.25) is 9.40 Å². The monoisotopic (exact) mass is 302 g/mol. The van der Waals surface area contributed by atoms with Gasteiger partial charge >= 0.3 is 16.2 Å². The van der Waals surface area contributed by atoms with E-state index in [2.05, 4.69) is 9.82 Å². The largest absolute Gasteiger partial charge is 0.477 e. The molecule has 0 spiro atoms. The van der Waals surface area contributed by atoms with E-state index >= 15 is 0 Å². The van der Waals surface area contributed by atoms with Gasteiger partial charge in [0.2, 0.25) is 0 Å². The lowest BCUT2D eigenvalue weighted by molar-refractivity contribution is 0.0698. The van der Waals surface area contributed by atoms with Crippen molar-refractivity contribution >= 4 is 22.0 Å². The van der Waals surface area contributed by atoms with Crippen LogP contribution in [0.5, 0.6) is 0 Å². The number of hydrogen-bond acceptors (Lipinski definition) is 4. The topological polar surface area (TPSA) is 105 Å². The molecule has 0 amide bonds. The Morgan fingerprint density at radius 2 is 2.25 bits per heavy atom. The molecule has 1 aliphatic rings. The second-order valence-corrected chi connectivity index (χ2v) is 6.72. The molecule has 1 aliphatic heterocycles. The van der Waals surface area contributed by atoms with Gasteiger partial charge in [0, 0.05) is 20.1 Å². The maximum Gasteiger partial charge on any atom is 0.341 e. The van der Waals surface area contributed by atoms with Crippen LogP contribution in [-0.4, -0.2) is 46.7 Å². The van der Waals surface area contributed by atoms with Gasteiger partial charge in [0.25, 0.3) is 0 Å². The normalized spacial score (nSPS) is 20.8. The van der Waals surface area contributed by atoms with Crippen molar-refractivity contribution in [2.24, 2.45) is 13.0 Å². The highest BCUT2D eigenvalue weighted by atomic mass is 32.2. The summed E-state index contributed by atoms with van der Waals surface area (Å²) in [5, 5.41) is 12.8. The molecule has 112 valence electrons. The van der Waals surface area contributed by atoms with Crippen molar-refractivity contribution in [3.05, 3.63) is 11.8 Å². The maximum atomic E-state index is 12.3. The minimum atomic E-state index is -3.76. The number of nitrogens with zero attached hydrogens (tertiary/aromatic N) is 3. The number of aryl methyl sites for hydroxylation is 1. The Morgan fingerprint density at radius 1 is 1.55 bits per heavy atom. The highest BCUT2D eigenvalue weighted by Crippen LogP contribution is 2.21. The van der Waals surface area contributed by atoms with E-state index < -0.39 is 16.2 Å². The lowest BCUT2D eigenvalue weighted by atomic mass is 10.0. The molecule has 1 unspecified atom stereocenters. The van der Waals surface area contributed by atoms with Gasteiger partial charge in [-0.2, -0.15) is 17.8 Å². The van der Waals surface area contributed by atoms with Crippen LogP contribution >= 0.6 is 0 Å². The molecule has 2 rings (SSSR count). The van der Waals surface area contributed by atoms with Gasteiger partial charge in [-0.25, -0.2) is 4.79 Å². The third-order valence-corrected chi connectivity index (χ3v) is 4.82. The zero-order valence-corrected chi connectivity index (χ0v) is 12.2. The molecule has 0 saturated carbocycles. The smallest absolute Gasteiger partial charge is 0.341 e. The zero-order chi connectivity index (χ0) is 14.9. The number of aromatic nitrogens is 2. The fraction of sp³-hybridized carbons (Fsp3) is 0.636. The fourth-order valence-electron chi connectivity index (χ4n) is 2.27. The molecule has 1 saturated heterocycles. The minimum Gasteiger partial charge on any atom is -0.477 e. The third-order valence-electron chi connectivity index (χ3n) is 3.35. The molecule has 1 aromatic heterocycles. The van der Waals surface area contributed by atoms with Crippen LogP contribution in [0.15, 0.2) is 6.20 Å². The Hall–Kier alpha value is -1.61. The Kier molecular flexibility index (Phi) is 4.00. The molecule has 0 aromatic carbocycles. The van der Waals surface area contributed by atoms with Gasteiger partial charge in [-0.1, -0.05) is 6.92 Å². The quantitative estimate of drug-likeness (QED) is 0.843. The Balaban J connectivity index is 2.24. The summed E-state index contributed by atoms with van der Waals surface area (Å²) < 4.78 is 29.5. The number of carboxylic acid groups (broad SMARTS) is 1. The fourth-order valence-corrected chi connectivity index (χ4v) is 3.70. The summed E-state index contributed by atoms with van der Waals surface area (Å²) >= 11 is 0. The summed E-state index contributed by atoms with van der Waals surface area (Å²) in [7, 11) is -2.27. The second kappa shape index (κ2) is 5.41. The molecular formula is C11H18N4O4S. The first-order valence-corrected chi connectivity index (χ1v) is 7.78. The Bertz CT molecular complexity index is 610. The van der Waals surface area contributed by atoms with E-state index in [9.17, 15) is 13.2 Å². The summed E-state index contributed by atoms with van der Waals surface area (Å²) in [6.45, 7) is 2.88. The highest BCUT2D eigenvalue weighted by Gasteiger charge is 2.29. The van der Waals surface area contributed by atoms with Crippen LogP contribution in [0.25, 0.3) is 0 Å². The van der Waals surface area contributed by atoms with Gasteiger partial charge in [0.1, 0.15) is 5.56 Å². The number of anilines is 1. The van der Waals surface area contributed by atoms with Crippen LogP contribution in [0, 0.1) is 5.92 Å². The SMILES string of the molecule is CC1CCCN(S(=O)(=O)Nc2c(C(=O)O)cnn2C)C1. The molecule has 8 nitrogen and oxygen atoms in total. The summed E-state index contributed by atoms with van der Waals surface area (Å²) in [6.07, 6.45) is 2.93. The molecular weight excluding hydrogens is 284 g/mol. The van der Waals surface area contributed by atoms with Gasteiger partial charge in [0.15, 0.2) is 5.82 Å². The number of aromatic carboxylic acids is 1. The van der Waals surface area contributed by atoms with E-state index in [-0.39, 0.29) is 11.4 Å². The lowest BCUT2D eigenvalue weighted by Gasteiger charge is -2.30. The minimum absolute atomic E-state index is 0.0317. The summed E-state index contributed by atoms with van der Waals surface area (Å²) in [5.74, 6) is -0.954. The van der Waals surface area contributed by atoms with Crippen molar-refractivity contribution < 1.29 is 18.3 Å². The van der Waals surface area contributed by atoms with Crippen LogP contribution < -0.4 is 4.72 Å². The number of hydrogen-bond donors (Lipinski definition) is 2. The van der Waals surface area contributed by atoms with Crippen molar-refractivity contribution in [3.8, 4) is 0 Å². The van der Waals surface area contributed by atoms with Gasteiger partial charge < -0.3 is 5.11 Å². The Labute approximate surface area is 117 Å². The van der Waals surface area contributed by atoms with Crippen molar-refractivity contribution in [2.45, 2.75) is 19.8 Å². The zero-order valence-electron chi connectivity index (χ0n) is 11.4. The number of carbonyl (C=O) groups is 1. The predicted molar refractivity (Wildman–Crippen MR) is 72.7 cm³/mol. The first-order chi connectivity index (χ1) is 9.31. The molecule has 2 heterocycles. The van der Waals surface area contributed by atoms with Crippen LogP contribution in [0.4, 0.5) is 5.82 Å². The van der Waals surface area contributed by atoms with Crippen LogP contribution in [0.3, 0.4) is 0 Å². The van der Waals surface area contributed by atoms with Crippen molar-refractivity contribution in [1.29, 1.82) is 0 Å². The molecule has 2 N–H and O–H groups in total. The maximum absolute atomic E-state index is 12.3. The van der Waals surface area contributed by atoms with Gasteiger partial charge in [-0.05, 0) is 18.8 Å². The lowest BCUT2D eigenvalue weighted by Crippen LogP contribution is -2.42. The Morgan fingerprint density at radius 3 is 2.85 bits per heavy atom. The van der Waals surface area contributed by atoms with E-state index in [4.69, 9.17) is 5.11 Å². The molecule has 0 aliphatic carbocycles.